The molecule has 1 amide bonds. The topological polar surface area (TPSA) is 75.9 Å². The van der Waals surface area contributed by atoms with Crippen molar-refractivity contribution in [3.63, 3.8) is 0 Å². The third-order valence-electron chi connectivity index (χ3n) is 2.73. The first-order chi connectivity index (χ1) is 9.88. The number of benzene rings is 1. The summed E-state index contributed by atoms with van der Waals surface area (Å²) >= 11 is 0. The predicted molar refractivity (Wildman–Crippen MR) is 82.1 cm³/mol. The van der Waals surface area contributed by atoms with Crippen molar-refractivity contribution >= 4 is 27.4 Å². The van der Waals surface area contributed by atoms with Gasteiger partial charge in [0.15, 0.2) is 0 Å². The Morgan fingerprint density at radius 3 is 2.33 bits per heavy atom. The molecule has 0 aromatic heterocycles. The van der Waals surface area contributed by atoms with Crippen molar-refractivity contribution in [2.75, 3.05) is 0 Å². The molecule has 0 saturated heterocycles. The van der Waals surface area contributed by atoms with Crippen molar-refractivity contribution in [1.29, 1.82) is 0 Å². The average molecular weight is 302 g/mol. The van der Waals surface area contributed by atoms with Gasteiger partial charge in [-0.25, -0.2) is 4.99 Å². The van der Waals surface area contributed by atoms with Crippen LogP contribution in [0.4, 0.5) is 0 Å². The van der Waals surface area contributed by atoms with Crippen LogP contribution in [0.15, 0.2) is 68.4 Å². The second kappa shape index (κ2) is 5.97. The lowest BCUT2D eigenvalue weighted by atomic mass is 10.0. The minimum Gasteiger partial charge on any atom is -0.273 e. The van der Waals surface area contributed by atoms with Crippen LogP contribution in [0.2, 0.25) is 0 Å². The van der Waals surface area contributed by atoms with Gasteiger partial charge in [-0.15, -0.1) is 0 Å². The molecule has 6 heteroatoms. The number of nitrogens with zero attached hydrogens (tertiary/aromatic N) is 2. The van der Waals surface area contributed by atoms with E-state index in [9.17, 15) is 13.2 Å². The minimum atomic E-state index is -3.74. The normalized spacial score (nSPS) is 18.9. The third kappa shape index (κ3) is 3.82. The van der Waals surface area contributed by atoms with Crippen molar-refractivity contribution in [2.24, 2.45) is 9.39 Å². The standard InChI is InChI=1S/C15H14N2O3S/c1-11-10-13(16-12(2)18)8-9-15(11)17-21(19,20)14-6-4-3-5-7-14/h3-10H,1-2H3/b16-13?,17-15-. The first-order valence-corrected chi connectivity index (χ1v) is 7.68. The third-order valence-corrected chi connectivity index (χ3v) is 4.03. The van der Waals surface area contributed by atoms with Crippen LogP contribution in [0, 0.1) is 0 Å². The molecule has 0 saturated carbocycles. The quantitative estimate of drug-likeness (QED) is 0.787. The van der Waals surface area contributed by atoms with Crippen molar-refractivity contribution < 1.29 is 13.2 Å². The van der Waals surface area contributed by atoms with E-state index in [1.54, 1.807) is 37.3 Å². The minimum absolute atomic E-state index is 0.141. The molecule has 1 aromatic carbocycles. The van der Waals surface area contributed by atoms with Gasteiger partial charge in [-0.05, 0) is 42.9 Å². The Kier molecular flexibility index (Phi) is 4.28. The Labute approximate surface area is 123 Å². The van der Waals surface area contributed by atoms with Gasteiger partial charge in [-0.2, -0.15) is 12.8 Å². The fourth-order valence-electron chi connectivity index (χ4n) is 1.77. The molecule has 0 atom stereocenters. The van der Waals surface area contributed by atoms with Gasteiger partial charge >= 0.3 is 0 Å². The fraction of sp³-hybridized carbons (Fsp3) is 0.133. The number of sulfonamides is 1. The Balaban J connectivity index is 2.37. The van der Waals surface area contributed by atoms with Crippen molar-refractivity contribution in [3.8, 4) is 0 Å². The Bertz CT molecular complexity index is 785. The van der Waals surface area contributed by atoms with Crippen molar-refractivity contribution in [1.82, 2.24) is 0 Å². The Hall–Kier alpha value is -2.34. The number of carbonyl (C=O) groups is 1. The van der Waals surface area contributed by atoms with Gasteiger partial charge in [0.1, 0.15) is 0 Å². The van der Waals surface area contributed by atoms with Crippen LogP contribution >= 0.6 is 0 Å². The molecule has 0 aliphatic heterocycles. The van der Waals surface area contributed by atoms with Crippen LogP contribution in [0.5, 0.6) is 0 Å². The number of rotatable bonds is 2. The molecule has 0 unspecified atom stereocenters. The van der Waals surface area contributed by atoms with Crippen LogP contribution < -0.4 is 0 Å². The average Bonchev–Trinajstić information content (AvgIpc) is 2.42. The molecular weight excluding hydrogens is 288 g/mol. The van der Waals surface area contributed by atoms with E-state index in [0.717, 1.165) is 0 Å². The molecule has 2 rings (SSSR count). The largest absolute Gasteiger partial charge is 0.282 e. The summed E-state index contributed by atoms with van der Waals surface area (Å²) in [7, 11) is -3.74. The molecule has 0 bridgehead atoms. The Morgan fingerprint density at radius 1 is 1.10 bits per heavy atom. The molecule has 0 N–H and O–H groups in total. The van der Waals surface area contributed by atoms with E-state index < -0.39 is 10.0 Å². The van der Waals surface area contributed by atoms with Crippen LogP contribution in [0.25, 0.3) is 0 Å². The highest BCUT2D eigenvalue weighted by molar-refractivity contribution is 7.90. The maximum Gasteiger partial charge on any atom is 0.282 e. The lowest BCUT2D eigenvalue weighted by Crippen LogP contribution is -2.10. The van der Waals surface area contributed by atoms with E-state index in [0.29, 0.717) is 17.0 Å². The zero-order valence-corrected chi connectivity index (χ0v) is 12.5. The summed E-state index contributed by atoms with van der Waals surface area (Å²) < 4.78 is 28.2. The predicted octanol–water partition coefficient (Wildman–Crippen LogP) is 2.32. The summed E-state index contributed by atoms with van der Waals surface area (Å²) in [6.45, 7) is 3.08. The number of aliphatic imine (C=N–C) groups is 1. The summed E-state index contributed by atoms with van der Waals surface area (Å²) in [6, 6.07) is 8.01. The lowest BCUT2D eigenvalue weighted by molar-refractivity contribution is -0.115. The summed E-state index contributed by atoms with van der Waals surface area (Å²) in [5.74, 6) is -0.309. The fourth-order valence-corrected chi connectivity index (χ4v) is 2.84. The lowest BCUT2D eigenvalue weighted by Gasteiger charge is -2.08. The number of carbonyl (C=O) groups excluding carboxylic acids is 1. The summed E-state index contributed by atoms with van der Waals surface area (Å²) in [5, 5.41) is 0. The van der Waals surface area contributed by atoms with Gasteiger partial charge in [0.05, 0.1) is 16.3 Å². The van der Waals surface area contributed by atoms with Gasteiger partial charge in [-0.1, -0.05) is 18.2 Å². The molecule has 0 radical (unpaired) electrons. The molecule has 1 aliphatic carbocycles. The van der Waals surface area contributed by atoms with Crippen LogP contribution in [-0.2, 0) is 14.8 Å². The molecule has 108 valence electrons. The monoisotopic (exact) mass is 302 g/mol. The van der Waals surface area contributed by atoms with E-state index in [2.05, 4.69) is 9.39 Å². The number of hydrogen-bond acceptors (Lipinski definition) is 3. The van der Waals surface area contributed by atoms with Crippen molar-refractivity contribution in [2.45, 2.75) is 18.7 Å². The number of allylic oxidation sites excluding steroid dienone is 4. The highest BCUT2D eigenvalue weighted by atomic mass is 32.2. The number of hydrogen-bond donors (Lipinski definition) is 0. The molecule has 0 heterocycles. The second-order valence-corrected chi connectivity index (χ2v) is 6.09. The second-order valence-electron chi connectivity index (χ2n) is 4.48. The molecule has 0 fully saturated rings. The maximum atomic E-state index is 12.2. The molecule has 0 spiro atoms. The first kappa shape index (κ1) is 15.1. The smallest absolute Gasteiger partial charge is 0.273 e. The van der Waals surface area contributed by atoms with Gasteiger partial charge in [0.2, 0.25) is 5.91 Å². The molecule has 1 aliphatic rings. The van der Waals surface area contributed by atoms with Gasteiger partial charge < -0.3 is 0 Å². The van der Waals surface area contributed by atoms with Gasteiger partial charge in [0.25, 0.3) is 10.0 Å². The zero-order valence-electron chi connectivity index (χ0n) is 11.6. The maximum absolute atomic E-state index is 12.2. The van der Waals surface area contributed by atoms with E-state index in [4.69, 9.17) is 0 Å². The molecule has 1 aromatic rings. The highest BCUT2D eigenvalue weighted by Crippen LogP contribution is 2.15. The molecule has 21 heavy (non-hydrogen) atoms. The van der Waals surface area contributed by atoms with E-state index >= 15 is 0 Å². The molecule has 5 nitrogen and oxygen atoms in total. The van der Waals surface area contributed by atoms with Gasteiger partial charge in [0, 0.05) is 6.92 Å². The van der Waals surface area contributed by atoms with Crippen LogP contribution in [0.1, 0.15) is 13.8 Å². The van der Waals surface area contributed by atoms with Crippen molar-refractivity contribution in [3.05, 3.63) is 54.1 Å². The summed E-state index contributed by atoms with van der Waals surface area (Å²) in [4.78, 5) is 14.9. The Morgan fingerprint density at radius 2 is 1.76 bits per heavy atom. The van der Waals surface area contributed by atoms with E-state index in [1.807, 2.05) is 0 Å². The first-order valence-electron chi connectivity index (χ1n) is 6.24. The zero-order chi connectivity index (χ0) is 15.5. The van der Waals surface area contributed by atoms with E-state index in [1.165, 1.54) is 25.1 Å². The SMILES string of the molecule is CC(=O)N=C1C=C/C(=N/S(=O)(=O)c2ccccc2)C(C)=C1. The van der Waals surface area contributed by atoms with Crippen LogP contribution in [0.3, 0.4) is 0 Å². The summed E-state index contributed by atoms with van der Waals surface area (Å²) in [5.41, 5.74) is 1.45. The highest BCUT2D eigenvalue weighted by Gasteiger charge is 2.15. The van der Waals surface area contributed by atoms with Gasteiger partial charge in [-0.3, -0.25) is 4.79 Å². The summed E-state index contributed by atoms with van der Waals surface area (Å²) in [6.07, 6.45) is 4.73. The number of amides is 1. The van der Waals surface area contributed by atoms with E-state index in [-0.39, 0.29) is 10.8 Å². The molecular formula is C15H14N2O3S. The van der Waals surface area contributed by atoms with Crippen LogP contribution in [-0.4, -0.2) is 25.7 Å².